The predicted octanol–water partition coefficient (Wildman–Crippen LogP) is 2.01. The van der Waals surface area contributed by atoms with Gasteiger partial charge < -0.3 is 0 Å². The Morgan fingerprint density at radius 1 is 1.64 bits per heavy atom. The topological polar surface area (TPSA) is 30.0 Å². The molecule has 4 heteroatoms. The fourth-order valence-corrected chi connectivity index (χ4v) is 0.908. The summed E-state index contributed by atoms with van der Waals surface area (Å²) in [5.74, 6) is 5.22. The average molecular weight is 212 g/mol. The van der Waals surface area contributed by atoms with Gasteiger partial charge in [-0.15, -0.1) is 11.6 Å². The summed E-state index contributed by atoms with van der Waals surface area (Å²) in [6, 6.07) is 1.31. The molecule has 1 aromatic rings. The first-order valence-electron chi connectivity index (χ1n) is 3.93. The normalized spacial score (nSPS) is 9.00. The van der Waals surface area contributed by atoms with Crippen molar-refractivity contribution in [3.05, 3.63) is 29.3 Å². The third-order valence-electron chi connectivity index (χ3n) is 1.45. The molecule has 0 saturated carbocycles. The Labute approximate surface area is 86.1 Å². The zero-order valence-corrected chi connectivity index (χ0v) is 8.01. The van der Waals surface area contributed by atoms with Gasteiger partial charge >= 0.3 is 0 Å². The first-order chi connectivity index (χ1) is 6.77. The second-order valence-electron chi connectivity index (χ2n) is 2.45. The largest absolute Gasteiger partial charge is 0.298 e. The van der Waals surface area contributed by atoms with E-state index in [0.29, 0.717) is 24.3 Å². The summed E-state index contributed by atoms with van der Waals surface area (Å²) in [6.45, 7) is 0. The highest BCUT2D eigenvalue weighted by atomic mass is 35.5. The van der Waals surface area contributed by atoms with Crippen LogP contribution >= 0.6 is 11.6 Å². The molecule has 0 N–H and O–H groups in total. The van der Waals surface area contributed by atoms with E-state index in [2.05, 4.69) is 16.8 Å². The summed E-state index contributed by atoms with van der Waals surface area (Å²) < 4.78 is 12.8. The second-order valence-corrected chi connectivity index (χ2v) is 2.83. The molecule has 1 heterocycles. The summed E-state index contributed by atoms with van der Waals surface area (Å²) in [5.41, 5.74) is 0.341. The Kier molecular flexibility index (Phi) is 4.09. The Morgan fingerprint density at radius 3 is 3.07 bits per heavy atom. The van der Waals surface area contributed by atoms with E-state index < -0.39 is 5.82 Å². The maximum Gasteiger partial charge on any atom is 0.153 e. The minimum Gasteiger partial charge on any atom is -0.298 e. The van der Waals surface area contributed by atoms with Gasteiger partial charge in [0.15, 0.2) is 12.1 Å². The number of pyridine rings is 1. The molecule has 72 valence electrons. The second kappa shape index (κ2) is 5.36. The molecule has 0 aliphatic rings. The zero-order valence-electron chi connectivity index (χ0n) is 7.26. The van der Waals surface area contributed by atoms with Gasteiger partial charge in [-0.3, -0.25) is 4.79 Å². The van der Waals surface area contributed by atoms with Gasteiger partial charge in [-0.05, 0) is 12.0 Å². The van der Waals surface area contributed by atoms with Crippen LogP contribution in [0.25, 0.3) is 0 Å². The van der Waals surface area contributed by atoms with Crippen LogP contribution < -0.4 is 0 Å². The quantitative estimate of drug-likeness (QED) is 0.426. The minimum absolute atomic E-state index is 0.0322. The van der Waals surface area contributed by atoms with E-state index in [4.69, 9.17) is 11.6 Å². The Bertz CT molecular complexity index is 395. The van der Waals surface area contributed by atoms with Crippen LogP contribution in [-0.4, -0.2) is 17.2 Å². The smallest absolute Gasteiger partial charge is 0.153 e. The predicted molar refractivity (Wildman–Crippen MR) is 51.8 cm³/mol. The van der Waals surface area contributed by atoms with E-state index in [9.17, 15) is 9.18 Å². The van der Waals surface area contributed by atoms with Crippen LogP contribution in [0.4, 0.5) is 4.39 Å². The molecule has 1 rings (SSSR count). The molecule has 0 spiro atoms. The van der Waals surface area contributed by atoms with Gasteiger partial charge in [0.2, 0.25) is 0 Å². The number of aromatic nitrogens is 1. The summed E-state index contributed by atoms with van der Waals surface area (Å²) in [7, 11) is 0. The van der Waals surface area contributed by atoms with Gasteiger partial charge in [0, 0.05) is 12.3 Å². The van der Waals surface area contributed by atoms with Crippen LogP contribution in [0.5, 0.6) is 0 Å². The zero-order chi connectivity index (χ0) is 10.4. The lowest BCUT2D eigenvalue weighted by Crippen LogP contribution is -1.92. The number of nitrogens with zero attached hydrogens (tertiary/aromatic N) is 1. The Morgan fingerprint density at radius 2 is 2.43 bits per heavy atom. The van der Waals surface area contributed by atoms with Crippen molar-refractivity contribution in [2.75, 3.05) is 5.88 Å². The van der Waals surface area contributed by atoms with Crippen LogP contribution in [0.15, 0.2) is 12.3 Å². The SMILES string of the molecule is O=Cc1cc(C#CCCCl)ncc1F. The lowest BCUT2D eigenvalue weighted by Gasteiger charge is -1.93. The molecule has 0 aliphatic heterocycles. The molecule has 0 saturated heterocycles. The fraction of sp³-hybridized carbons (Fsp3) is 0.200. The lowest BCUT2D eigenvalue weighted by atomic mass is 10.2. The highest BCUT2D eigenvalue weighted by molar-refractivity contribution is 6.18. The molecule has 0 fully saturated rings. The van der Waals surface area contributed by atoms with E-state index in [1.54, 1.807) is 0 Å². The number of aldehydes is 1. The van der Waals surface area contributed by atoms with E-state index >= 15 is 0 Å². The van der Waals surface area contributed by atoms with Crippen molar-refractivity contribution >= 4 is 17.9 Å². The van der Waals surface area contributed by atoms with Crippen molar-refractivity contribution in [1.29, 1.82) is 0 Å². The maximum atomic E-state index is 12.8. The number of halogens is 2. The molecule has 0 atom stereocenters. The highest BCUT2D eigenvalue weighted by Gasteiger charge is 2.01. The molecule has 0 bridgehead atoms. The van der Waals surface area contributed by atoms with E-state index in [1.165, 1.54) is 6.07 Å². The number of hydrogen-bond donors (Lipinski definition) is 0. The molecule has 0 aliphatic carbocycles. The molecular formula is C10H7ClFNO. The summed E-state index contributed by atoms with van der Waals surface area (Å²) in [6.07, 6.45) is 1.95. The van der Waals surface area contributed by atoms with Crippen LogP contribution in [0, 0.1) is 17.7 Å². The first kappa shape index (κ1) is 10.7. The van der Waals surface area contributed by atoms with Crippen LogP contribution in [0.3, 0.4) is 0 Å². The van der Waals surface area contributed by atoms with Crippen molar-refractivity contribution in [2.24, 2.45) is 0 Å². The minimum atomic E-state index is -0.636. The van der Waals surface area contributed by atoms with Gasteiger partial charge in [0.05, 0.1) is 11.8 Å². The van der Waals surface area contributed by atoms with Crippen molar-refractivity contribution in [3.63, 3.8) is 0 Å². The third-order valence-corrected chi connectivity index (χ3v) is 1.64. The first-order valence-corrected chi connectivity index (χ1v) is 4.47. The molecule has 0 radical (unpaired) electrons. The standard InChI is InChI=1S/C10H7ClFNO/c11-4-2-1-3-9-5-8(7-14)10(12)6-13-9/h5-7H,2,4H2. The summed E-state index contributed by atoms with van der Waals surface area (Å²) >= 11 is 5.41. The number of carbonyl (C=O) groups excluding carboxylic acids is 1. The number of rotatable bonds is 2. The monoisotopic (exact) mass is 211 g/mol. The number of alkyl halides is 1. The number of carbonyl (C=O) groups is 1. The van der Waals surface area contributed by atoms with Gasteiger partial charge in [-0.2, -0.15) is 0 Å². The lowest BCUT2D eigenvalue weighted by molar-refractivity contribution is 0.111. The molecule has 0 unspecified atom stereocenters. The van der Waals surface area contributed by atoms with Crippen LogP contribution in [-0.2, 0) is 0 Å². The molecule has 0 aromatic carbocycles. The van der Waals surface area contributed by atoms with Gasteiger partial charge in [0.25, 0.3) is 0 Å². The van der Waals surface area contributed by atoms with E-state index in [1.807, 2.05) is 0 Å². The summed E-state index contributed by atoms with van der Waals surface area (Å²) in [4.78, 5) is 14.1. The van der Waals surface area contributed by atoms with Crippen molar-refractivity contribution in [2.45, 2.75) is 6.42 Å². The Hall–Kier alpha value is -1.40. The van der Waals surface area contributed by atoms with Crippen molar-refractivity contribution < 1.29 is 9.18 Å². The van der Waals surface area contributed by atoms with Crippen LogP contribution in [0.2, 0.25) is 0 Å². The van der Waals surface area contributed by atoms with Gasteiger partial charge in [-0.25, -0.2) is 9.37 Å². The van der Waals surface area contributed by atoms with E-state index in [0.717, 1.165) is 6.20 Å². The fourth-order valence-electron chi connectivity index (χ4n) is 0.813. The van der Waals surface area contributed by atoms with Crippen molar-refractivity contribution in [3.8, 4) is 11.8 Å². The Balaban J connectivity index is 2.91. The van der Waals surface area contributed by atoms with Gasteiger partial charge in [-0.1, -0.05) is 5.92 Å². The highest BCUT2D eigenvalue weighted by Crippen LogP contribution is 2.04. The maximum absolute atomic E-state index is 12.8. The third kappa shape index (κ3) is 2.82. The molecule has 2 nitrogen and oxygen atoms in total. The summed E-state index contributed by atoms with van der Waals surface area (Å²) in [5, 5.41) is 0. The van der Waals surface area contributed by atoms with Crippen LogP contribution in [0.1, 0.15) is 22.5 Å². The van der Waals surface area contributed by atoms with Gasteiger partial charge in [0.1, 0.15) is 5.69 Å². The molecular weight excluding hydrogens is 205 g/mol. The molecule has 1 aromatic heterocycles. The molecule has 14 heavy (non-hydrogen) atoms. The number of hydrogen-bond acceptors (Lipinski definition) is 2. The molecule has 0 amide bonds. The van der Waals surface area contributed by atoms with E-state index in [-0.39, 0.29) is 5.56 Å². The average Bonchev–Trinajstić information content (AvgIpc) is 2.21. The van der Waals surface area contributed by atoms with Crippen molar-refractivity contribution in [1.82, 2.24) is 4.98 Å².